The van der Waals surface area contributed by atoms with Crippen LogP contribution in [0.25, 0.3) is 0 Å². The molecule has 1 amide bonds. The summed E-state index contributed by atoms with van der Waals surface area (Å²) in [5.41, 5.74) is 0. The molecule has 0 aromatic heterocycles. The molecule has 0 bridgehead atoms. The molecular formula is C12H24N2O2. The molecule has 1 aliphatic heterocycles. The van der Waals surface area contributed by atoms with Crippen molar-refractivity contribution >= 4 is 5.91 Å². The van der Waals surface area contributed by atoms with Gasteiger partial charge in [0.25, 0.3) is 0 Å². The maximum atomic E-state index is 11.8. The Morgan fingerprint density at radius 1 is 1.56 bits per heavy atom. The molecule has 0 unspecified atom stereocenters. The topological polar surface area (TPSA) is 41.6 Å². The number of likely N-dealkylation sites (tertiary alicyclic amines) is 1. The lowest BCUT2D eigenvalue weighted by Gasteiger charge is -2.28. The summed E-state index contributed by atoms with van der Waals surface area (Å²) in [5.74, 6) is 0.397. The Hall–Kier alpha value is -0.610. The molecule has 4 heteroatoms. The summed E-state index contributed by atoms with van der Waals surface area (Å²) in [6.45, 7) is 6.23. The van der Waals surface area contributed by atoms with Crippen LogP contribution in [0.4, 0.5) is 0 Å². The number of nitrogens with zero attached hydrogens (tertiary/aromatic N) is 1. The Morgan fingerprint density at radius 3 is 3.06 bits per heavy atom. The number of nitrogens with one attached hydrogen (secondary N) is 1. The first-order valence-electron chi connectivity index (χ1n) is 6.28. The lowest BCUT2D eigenvalue weighted by molar-refractivity contribution is -0.126. The average molecular weight is 228 g/mol. The van der Waals surface area contributed by atoms with Crippen molar-refractivity contribution in [2.24, 2.45) is 5.92 Å². The van der Waals surface area contributed by atoms with Crippen LogP contribution in [-0.4, -0.2) is 50.7 Å². The minimum Gasteiger partial charge on any atom is -0.382 e. The number of amides is 1. The number of hydrogen-bond donors (Lipinski definition) is 1. The average Bonchev–Trinajstić information content (AvgIpc) is 2.28. The first kappa shape index (κ1) is 13.5. The lowest BCUT2D eigenvalue weighted by atomic mass is 9.97. The summed E-state index contributed by atoms with van der Waals surface area (Å²) >= 11 is 0. The van der Waals surface area contributed by atoms with Crippen molar-refractivity contribution in [2.45, 2.75) is 26.2 Å². The van der Waals surface area contributed by atoms with E-state index in [2.05, 4.69) is 17.3 Å². The summed E-state index contributed by atoms with van der Waals surface area (Å²) in [5, 5.41) is 2.99. The normalized spacial score (nSPS) is 22.0. The molecular weight excluding hydrogens is 204 g/mol. The highest BCUT2D eigenvalue weighted by atomic mass is 16.5. The number of ether oxygens (including phenoxy) is 1. The quantitative estimate of drug-likeness (QED) is 0.686. The molecule has 1 heterocycles. The van der Waals surface area contributed by atoms with Crippen LogP contribution >= 0.6 is 0 Å². The van der Waals surface area contributed by atoms with Crippen LogP contribution in [0, 0.1) is 5.92 Å². The molecule has 1 rings (SSSR count). The molecule has 0 aliphatic carbocycles. The minimum atomic E-state index is 0.186. The second-order valence-corrected chi connectivity index (χ2v) is 4.44. The number of carbonyl (C=O) groups excluding carboxylic acids is 1. The van der Waals surface area contributed by atoms with E-state index in [-0.39, 0.29) is 11.8 Å². The minimum absolute atomic E-state index is 0.186. The zero-order valence-electron chi connectivity index (χ0n) is 10.5. The Labute approximate surface area is 98.3 Å². The predicted octanol–water partition coefficient (Wildman–Crippen LogP) is 0.871. The lowest BCUT2D eigenvalue weighted by Crippen LogP contribution is -2.41. The van der Waals surface area contributed by atoms with Crippen LogP contribution in [0.2, 0.25) is 0 Å². The van der Waals surface area contributed by atoms with E-state index in [1.54, 1.807) is 0 Å². The summed E-state index contributed by atoms with van der Waals surface area (Å²) in [4.78, 5) is 14.0. The van der Waals surface area contributed by atoms with Gasteiger partial charge in [-0.3, -0.25) is 4.79 Å². The molecule has 0 aromatic rings. The fourth-order valence-corrected chi connectivity index (χ4v) is 2.05. The van der Waals surface area contributed by atoms with Gasteiger partial charge in [0, 0.05) is 26.3 Å². The number of hydrogen-bond acceptors (Lipinski definition) is 3. The number of rotatable bonds is 6. The summed E-state index contributed by atoms with van der Waals surface area (Å²) in [7, 11) is 2.08. The van der Waals surface area contributed by atoms with Crippen LogP contribution in [-0.2, 0) is 9.53 Å². The van der Waals surface area contributed by atoms with Crippen molar-refractivity contribution in [3.63, 3.8) is 0 Å². The summed E-state index contributed by atoms with van der Waals surface area (Å²) in [6, 6.07) is 0. The standard InChI is InChI=1S/C12H24N2O2/c1-3-16-9-5-7-13-12(15)11-6-4-8-14(2)10-11/h11H,3-10H2,1-2H3,(H,13,15)/t11-/m0/s1. The summed E-state index contributed by atoms with van der Waals surface area (Å²) in [6.07, 6.45) is 3.07. The van der Waals surface area contributed by atoms with Gasteiger partial charge >= 0.3 is 0 Å². The Morgan fingerprint density at radius 2 is 2.38 bits per heavy atom. The van der Waals surface area contributed by atoms with E-state index in [9.17, 15) is 4.79 Å². The first-order chi connectivity index (χ1) is 7.74. The van der Waals surface area contributed by atoms with Gasteiger partial charge in [-0.05, 0) is 39.8 Å². The van der Waals surface area contributed by atoms with E-state index in [0.717, 1.165) is 52.1 Å². The summed E-state index contributed by atoms with van der Waals surface area (Å²) < 4.78 is 5.22. The third-order valence-corrected chi connectivity index (χ3v) is 2.96. The number of piperidine rings is 1. The van der Waals surface area contributed by atoms with Crippen LogP contribution in [0.15, 0.2) is 0 Å². The van der Waals surface area contributed by atoms with Crippen molar-refractivity contribution in [2.75, 3.05) is 39.9 Å². The van der Waals surface area contributed by atoms with E-state index < -0.39 is 0 Å². The van der Waals surface area contributed by atoms with E-state index in [4.69, 9.17) is 4.74 Å². The molecule has 1 N–H and O–H groups in total. The smallest absolute Gasteiger partial charge is 0.224 e. The van der Waals surface area contributed by atoms with Gasteiger partial charge in [0.1, 0.15) is 0 Å². The molecule has 1 fully saturated rings. The molecule has 1 aliphatic rings. The van der Waals surface area contributed by atoms with Crippen molar-refractivity contribution < 1.29 is 9.53 Å². The zero-order valence-corrected chi connectivity index (χ0v) is 10.5. The van der Waals surface area contributed by atoms with Gasteiger partial charge < -0.3 is 15.0 Å². The van der Waals surface area contributed by atoms with Crippen LogP contribution in [0.1, 0.15) is 26.2 Å². The zero-order chi connectivity index (χ0) is 11.8. The van der Waals surface area contributed by atoms with E-state index in [1.165, 1.54) is 0 Å². The van der Waals surface area contributed by atoms with Crippen molar-refractivity contribution in [1.29, 1.82) is 0 Å². The SMILES string of the molecule is CCOCCCNC(=O)[C@H]1CCCN(C)C1. The highest BCUT2D eigenvalue weighted by Gasteiger charge is 2.23. The molecule has 4 nitrogen and oxygen atoms in total. The molecule has 0 radical (unpaired) electrons. The molecule has 1 saturated heterocycles. The van der Waals surface area contributed by atoms with Crippen LogP contribution in [0.5, 0.6) is 0 Å². The van der Waals surface area contributed by atoms with Gasteiger partial charge in [0.15, 0.2) is 0 Å². The van der Waals surface area contributed by atoms with Crippen molar-refractivity contribution in [3.05, 3.63) is 0 Å². The second kappa shape index (κ2) is 7.63. The van der Waals surface area contributed by atoms with Crippen LogP contribution in [0.3, 0.4) is 0 Å². The molecule has 16 heavy (non-hydrogen) atoms. The number of carbonyl (C=O) groups is 1. The van der Waals surface area contributed by atoms with E-state index >= 15 is 0 Å². The maximum absolute atomic E-state index is 11.8. The molecule has 0 aromatic carbocycles. The van der Waals surface area contributed by atoms with Gasteiger partial charge in [-0.1, -0.05) is 0 Å². The third-order valence-electron chi connectivity index (χ3n) is 2.96. The molecule has 94 valence electrons. The molecule has 0 spiro atoms. The van der Waals surface area contributed by atoms with Gasteiger partial charge in [-0.25, -0.2) is 0 Å². The van der Waals surface area contributed by atoms with Gasteiger partial charge in [-0.2, -0.15) is 0 Å². The largest absolute Gasteiger partial charge is 0.382 e. The fraction of sp³-hybridized carbons (Fsp3) is 0.917. The Balaban J connectivity index is 2.09. The molecule has 0 saturated carbocycles. The van der Waals surface area contributed by atoms with Crippen LogP contribution < -0.4 is 5.32 Å². The predicted molar refractivity (Wildman–Crippen MR) is 64.3 cm³/mol. The van der Waals surface area contributed by atoms with Gasteiger partial charge in [0.05, 0.1) is 5.92 Å². The third kappa shape index (κ3) is 4.94. The Bertz CT molecular complexity index is 209. The Kier molecular flexibility index (Phi) is 6.42. The van der Waals surface area contributed by atoms with E-state index in [0.29, 0.717) is 0 Å². The highest BCUT2D eigenvalue weighted by molar-refractivity contribution is 5.78. The molecule has 1 atom stereocenters. The first-order valence-corrected chi connectivity index (χ1v) is 6.28. The van der Waals surface area contributed by atoms with Gasteiger partial charge in [0.2, 0.25) is 5.91 Å². The fourth-order valence-electron chi connectivity index (χ4n) is 2.05. The van der Waals surface area contributed by atoms with Crippen molar-refractivity contribution in [3.8, 4) is 0 Å². The van der Waals surface area contributed by atoms with Gasteiger partial charge in [-0.15, -0.1) is 0 Å². The second-order valence-electron chi connectivity index (χ2n) is 4.44. The van der Waals surface area contributed by atoms with Crippen molar-refractivity contribution in [1.82, 2.24) is 10.2 Å². The monoisotopic (exact) mass is 228 g/mol. The highest BCUT2D eigenvalue weighted by Crippen LogP contribution is 2.14. The van der Waals surface area contributed by atoms with E-state index in [1.807, 2.05) is 6.92 Å². The maximum Gasteiger partial charge on any atom is 0.224 e.